The molecule has 3 rings (SSSR count). The number of carbonyl (C=O) groups excluding carboxylic acids is 1. The summed E-state index contributed by atoms with van der Waals surface area (Å²) in [4.78, 5) is 24.5. The highest BCUT2D eigenvalue weighted by molar-refractivity contribution is 6.24. The van der Waals surface area contributed by atoms with Crippen LogP contribution in [-0.2, 0) is 9.68 Å². The number of para-hydroxylation sites is 1. The zero-order valence-electron chi connectivity index (χ0n) is 9.83. The van der Waals surface area contributed by atoms with Crippen molar-refractivity contribution in [1.82, 2.24) is 4.98 Å². The van der Waals surface area contributed by atoms with E-state index in [1.165, 1.54) is 13.0 Å². The molecular weight excluding hydrogens is 237 g/mol. The second-order valence-electron chi connectivity index (χ2n) is 4.15. The second kappa shape index (κ2) is 3.60. The molecule has 0 saturated carbocycles. The van der Waals surface area contributed by atoms with Crippen LogP contribution in [0.1, 0.15) is 19.4 Å². The fourth-order valence-electron chi connectivity index (χ4n) is 2.21. The van der Waals surface area contributed by atoms with Crippen molar-refractivity contribution >= 4 is 22.3 Å². The minimum atomic E-state index is -0.397. The van der Waals surface area contributed by atoms with Crippen LogP contribution < -0.4 is 4.89 Å². The number of rotatable bonds is 1. The number of allylic oxidation sites excluding steroid dienone is 2. The Kier molecular flexibility index (Phi) is 2.16. The van der Waals surface area contributed by atoms with Crippen molar-refractivity contribution in [2.75, 3.05) is 0 Å². The first-order chi connectivity index (χ1) is 8.59. The third-order valence-corrected chi connectivity index (χ3v) is 2.95. The lowest BCUT2D eigenvalue weighted by molar-refractivity contribution is -0.171. The average Bonchev–Trinajstić information content (AvgIpc) is 2.69. The van der Waals surface area contributed by atoms with Crippen LogP contribution in [0.2, 0.25) is 0 Å². The molecule has 1 N–H and O–H groups in total. The molecule has 1 aromatic carbocycles. The van der Waals surface area contributed by atoms with E-state index in [0.717, 1.165) is 0 Å². The lowest BCUT2D eigenvalue weighted by Crippen LogP contribution is -2.10. The van der Waals surface area contributed by atoms with Gasteiger partial charge in [-0.05, 0) is 19.9 Å². The molecule has 1 aliphatic rings. The van der Waals surface area contributed by atoms with Crippen LogP contribution >= 0.6 is 0 Å². The van der Waals surface area contributed by atoms with Crippen molar-refractivity contribution < 1.29 is 19.0 Å². The lowest BCUT2D eigenvalue weighted by atomic mass is 10.00. The van der Waals surface area contributed by atoms with E-state index in [1.54, 1.807) is 19.1 Å². The van der Waals surface area contributed by atoms with Gasteiger partial charge in [0.05, 0.1) is 16.7 Å². The number of benzene rings is 1. The number of carbonyl (C=O) groups is 1. The normalized spacial score (nSPS) is 14.2. The van der Waals surface area contributed by atoms with E-state index in [-0.39, 0.29) is 11.7 Å². The molecule has 2 aromatic rings. The Labute approximate surface area is 102 Å². The van der Waals surface area contributed by atoms with Gasteiger partial charge in [0.25, 0.3) is 5.88 Å². The minimum Gasteiger partial charge on any atom is -0.319 e. The van der Waals surface area contributed by atoms with E-state index >= 15 is 0 Å². The summed E-state index contributed by atoms with van der Waals surface area (Å²) in [5, 5.41) is 0.609. The third-order valence-electron chi connectivity index (χ3n) is 2.95. The van der Waals surface area contributed by atoms with Gasteiger partial charge in [-0.1, -0.05) is 12.1 Å². The molecule has 0 amide bonds. The highest BCUT2D eigenvalue weighted by Crippen LogP contribution is 2.40. The SMILES string of the molecule is CC(=O)C1=C(C)OOc2[nH]c3c(F)cccc3c21. The largest absolute Gasteiger partial charge is 0.319 e. The van der Waals surface area contributed by atoms with Crippen molar-refractivity contribution in [3.63, 3.8) is 0 Å². The molecule has 1 aliphatic heterocycles. The van der Waals surface area contributed by atoms with Crippen molar-refractivity contribution in [2.45, 2.75) is 13.8 Å². The smallest absolute Gasteiger partial charge is 0.257 e. The van der Waals surface area contributed by atoms with Gasteiger partial charge in [-0.25, -0.2) is 4.39 Å². The third kappa shape index (κ3) is 1.33. The van der Waals surface area contributed by atoms with Crippen molar-refractivity contribution in [3.8, 4) is 5.88 Å². The fraction of sp³-hybridized carbons (Fsp3) is 0.154. The lowest BCUT2D eigenvalue weighted by Gasteiger charge is -2.15. The number of hydrogen-bond donors (Lipinski definition) is 1. The Hall–Kier alpha value is -2.30. The van der Waals surface area contributed by atoms with Gasteiger partial charge >= 0.3 is 0 Å². The van der Waals surface area contributed by atoms with Crippen molar-refractivity contribution in [3.05, 3.63) is 35.3 Å². The standard InChI is InChI=1S/C13H10FNO3/c1-6(16)10-7(2)17-18-13-11(10)8-4-3-5-9(14)12(8)15-13/h3-5,15H,1-2H3. The van der Waals surface area contributed by atoms with Gasteiger partial charge in [0.1, 0.15) is 5.82 Å². The molecule has 0 atom stereocenters. The number of fused-ring (bicyclic) bond motifs is 3. The van der Waals surface area contributed by atoms with E-state index in [1.807, 2.05) is 0 Å². The van der Waals surface area contributed by atoms with Crippen LogP contribution in [0.4, 0.5) is 4.39 Å². The first-order valence-electron chi connectivity index (χ1n) is 5.46. The first kappa shape index (κ1) is 10.8. The quantitative estimate of drug-likeness (QED) is 0.788. The highest BCUT2D eigenvalue weighted by atomic mass is 19.1. The second-order valence-corrected chi connectivity index (χ2v) is 4.15. The van der Waals surface area contributed by atoms with E-state index in [2.05, 4.69) is 4.98 Å². The number of aromatic nitrogens is 1. The van der Waals surface area contributed by atoms with E-state index in [9.17, 15) is 9.18 Å². The van der Waals surface area contributed by atoms with Gasteiger partial charge in [-0.2, -0.15) is 0 Å². The molecule has 0 bridgehead atoms. The number of nitrogens with one attached hydrogen (secondary N) is 1. The number of aromatic amines is 1. The molecule has 0 radical (unpaired) electrons. The van der Waals surface area contributed by atoms with Crippen molar-refractivity contribution in [1.29, 1.82) is 0 Å². The summed E-state index contributed by atoms with van der Waals surface area (Å²) < 4.78 is 13.7. The van der Waals surface area contributed by atoms with Crippen LogP contribution in [0.3, 0.4) is 0 Å². The van der Waals surface area contributed by atoms with Crippen molar-refractivity contribution in [2.24, 2.45) is 0 Å². The predicted molar refractivity (Wildman–Crippen MR) is 63.2 cm³/mol. The molecule has 5 heteroatoms. The maximum atomic E-state index is 13.7. The summed E-state index contributed by atoms with van der Waals surface area (Å²) in [6, 6.07) is 4.67. The van der Waals surface area contributed by atoms with Gasteiger partial charge in [0, 0.05) is 5.39 Å². The zero-order valence-corrected chi connectivity index (χ0v) is 9.83. The van der Waals surface area contributed by atoms with Crippen LogP contribution in [0.5, 0.6) is 5.88 Å². The summed E-state index contributed by atoms with van der Waals surface area (Å²) in [6.07, 6.45) is 0. The van der Waals surface area contributed by atoms with E-state index < -0.39 is 5.82 Å². The fourth-order valence-corrected chi connectivity index (χ4v) is 2.21. The minimum absolute atomic E-state index is 0.151. The maximum absolute atomic E-state index is 13.7. The Bertz CT molecular complexity index is 700. The molecule has 2 heterocycles. The van der Waals surface area contributed by atoms with E-state index in [0.29, 0.717) is 27.8 Å². The molecule has 4 nitrogen and oxygen atoms in total. The number of Topliss-reactive ketones (excluding diaryl/α,β-unsaturated/α-hetero) is 1. The molecule has 0 fully saturated rings. The Morgan fingerprint density at radius 2 is 2.11 bits per heavy atom. The molecule has 92 valence electrons. The number of H-pyrrole nitrogens is 1. The monoisotopic (exact) mass is 247 g/mol. The molecule has 18 heavy (non-hydrogen) atoms. The van der Waals surface area contributed by atoms with E-state index in [4.69, 9.17) is 9.78 Å². The first-order valence-corrected chi connectivity index (χ1v) is 5.46. The molecule has 0 saturated heterocycles. The molecular formula is C13H10FNO3. The summed E-state index contributed by atoms with van der Waals surface area (Å²) in [5.41, 5.74) is 1.27. The van der Waals surface area contributed by atoms with Crippen LogP contribution in [0.25, 0.3) is 16.5 Å². The number of ketones is 1. The molecule has 0 spiro atoms. The Morgan fingerprint density at radius 3 is 2.83 bits per heavy atom. The summed E-state index contributed by atoms with van der Waals surface area (Å²) in [5.74, 6) is 0.0827. The van der Waals surface area contributed by atoms with Gasteiger partial charge < -0.3 is 4.98 Å². The Morgan fingerprint density at radius 1 is 1.33 bits per heavy atom. The molecule has 0 unspecified atom stereocenters. The highest BCUT2D eigenvalue weighted by Gasteiger charge is 2.28. The van der Waals surface area contributed by atoms with Crippen LogP contribution in [-0.4, -0.2) is 10.8 Å². The topological polar surface area (TPSA) is 51.3 Å². The number of halogens is 1. The summed E-state index contributed by atoms with van der Waals surface area (Å²) in [7, 11) is 0. The van der Waals surface area contributed by atoms with Gasteiger partial charge in [0.15, 0.2) is 11.5 Å². The van der Waals surface area contributed by atoms with Crippen LogP contribution in [0.15, 0.2) is 24.0 Å². The maximum Gasteiger partial charge on any atom is 0.257 e. The average molecular weight is 247 g/mol. The predicted octanol–water partition coefficient (Wildman–Crippen LogP) is 2.95. The summed E-state index contributed by atoms with van der Waals surface area (Å²) >= 11 is 0. The summed E-state index contributed by atoms with van der Waals surface area (Å²) in [6.45, 7) is 3.08. The van der Waals surface area contributed by atoms with Crippen LogP contribution in [0, 0.1) is 5.82 Å². The Balaban J connectivity index is 2.41. The zero-order chi connectivity index (χ0) is 12.9. The van der Waals surface area contributed by atoms with Gasteiger partial charge in [0.2, 0.25) is 0 Å². The molecule has 0 aliphatic carbocycles. The molecule has 1 aromatic heterocycles. The van der Waals surface area contributed by atoms with Gasteiger partial charge in [-0.3, -0.25) is 14.6 Å². The number of hydrogen-bond acceptors (Lipinski definition) is 3. The van der Waals surface area contributed by atoms with Gasteiger partial charge in [-0.15, -0.1) is 0 Å².